The Balaban J connectivity index is 1.64. The number of hydrogen-bond acceptors (Lipinski definition) is 3. The van der Waals surface area contributed by atoms with Crippen molar-refractivity contribution in [3.05, 3.63) is 30.1 Å². The predicted molar refractivity (Wildman–Crippen MR) is 69.3 cm³/mol. The second kappa shape index (κ2) is 4.69. The van der Waals surface area contributed by atoms with Crippen molar-refractivity contribution in [2.45, 2.75) is 19.3 Å². The summed E-state index contributed by atoms with van der Waals surface area (Å²) in [5, 5.41) is 3.45. The van der Waals surface area contributed by atoms with Crippen LogP contribution < -0.4 is 5.32 Å². The van der Waals surface area contributed by atoms with Crippen LogP contribution in [0.25, 0.3) is 0 Å². The van der Waals surface area contributed by atoms with Crippen molar-refractivity contribution < 1.29 is 4.79 Å². The highest BCUT2D eigenvalue weighted by Crippen LogP contribution is 2.37. The number of hydrogen-bond donors (Lipinski definition) is 1. The molecule has 3 heterocycles. The number of nitrogens with zero attached hydrogens (tertiary/aromatic N) is 2. The average Bonchev–Trinajstić information content (AvgIpc) is 2.88. The fourth-order valence-electron chi connectivity index (χ4n) is 3.08. The number of rotatable bonds is 1. The molecule has 0 atom stereocenters. The summed E-state index contributed by atoms with van der Waals surface area (Å²) < 4.78 is 0. The Morgan fingerprint density at radius 2 is 2.17 bits per heavy atom. The molecule has 1 N–H and O–H groups in total. The van der Waals surface area contributed by atoms with E-state index in [0.29, 0.717) is 11.0 Å². The Morgan fingerprint density at radius 1 is 1.33 bits per heavy atom. The van der Waals surface area contributed by atoms with Crippen LogP contribution in [0.3, 0.4) is 0 Å². The van der Waals surface area contributed by atoms with Gasteiger partial charge in [0.2, 0.25) is 0 Å². The molecule has 2 aliphatic heterocycles. The molecule has 1 aromatic heterocycles. The highest BCUT2D eigenvalue weighted by molar-refractivity contribution is 5.93. The zero-order valence-electron chi connectivity index (χ0n) is 10.6. The van der Waals surface area contributed by atoms with Gasteiger partial charge in [0, 0.05) is 32.0 Å². The van der Waals surface area contributed by atoms with Gasteiger partial charge in [0.25, 0.3) is 5.91 Å². The number of aromatic nitrogens is 1. The maximum absolute atomic E-state index is 12.3. The van der Waals surface area contributed by atoms with Crippen molar-refractivity contribution >= 4 is 5.91 Å². The number of carbonyl (C=O) groups is 1. The van der Waals surface area contributed by atoms with Crippen LogP contribution in [0.1, 0.15) is 29.6 Å². The molecule has 1 spiro atoms. The SMILES string of the molecule is O=C(c1cccnc1)N1CCC2(CCNC2)CC1. The minimum absolute atomic E-state index is 0.129. The van der Waals surface area contributed by atoms with E-state index in [-0.39, 0.29) is 5.91 Å². The first-order valence-electron chi connectivity index (χ1n) is 6.69. The number of likely N-dealkylation sites (tertiary alicyclic amines) is 1. The molecule has 3 rings (SSSR count). The molecule has 1 aromatic rings. The van der Waals surface area contributed by atoms with Crippen molar-refractivity contribution in [1.82, 2.24) is 15.2 Å². The highest BCUT2D eigenvalue weighted by atomic mass is 16.2. The molecule has 0 aromatic carbocycles. The molecule has 18 heavy (non-hydrogen) atoms. The van der Waals surface area contributed by atoms with Crippen LogP contribution in [0.5, 0.6) is 0 Å². The van der Waals surface area contributed by atoms with Crippen LogP contribution in [-0.2, 0) is 0 Å². The lowest BCUT2D eigenvalue weighted by Gasteiger charge is -2.38. The summed E-state index contributed by atoms with van der Waals surface area (Å²) in [7, 11) is 0. The van der Waals surface area contributed by atoms with Crippen LogP contribution in [0, 0.1) is 5.41 Å². The second-order valence-electron chi connectivity index (χ2n) is 5.46. The van der Waals surface area contributed by atoms with E-state index in [1.807, 2.05) is 17.0 Å². The van der Waals surface area contributed by atoms with Gasteiger partial charge >= 0.3 is 0 Å². The minimum atomic E-state index is 0.129. The van der Waals surface area contributed by atoms with E-state index < -0.39 is 0 Å². The van der Waals surface area contributed by atoms with Gasteiger partial charge in [-0.1, -0.05) is 0 Å². The lowest BCUT2D eigenvalue weighted by atomic mass is 9.78. The van der Waals surface area contributed by atoms with E-state index in [0.717, 1.165) is 39.0 Å². The van der Waals surface area contributed by atoms with Crippen molar-refractivity contribution in [3.8, 4) is 0 Å². The summed E-state index contributed by atoms with van der Waals surface area (Å²) >= 11 is 0. The molecule has 96 valence electrons. The van der Waals surface area contributed by atoms with Gasteiger partial charge in [-0.3, -0.25) is 9.78 Å². The fraction of sp³-hybridized carbons (Fsp3) is 0.571. The zero-order chi connectivity index (χ0) is 12.4. The number of nitrogens with one attached hydrogen (secondary N) is 1. The van der Waals surface area contributed by atoms with Crippen molar-refractivity contribution in [1.29, 1.82) is 0 Å². The van der Waals surface area contributed by atoms with Crippen LogP contribution >= 0.6 is 0 Å². The topological polar surface area (TPSA) is 45.2 Å². The molecule has 0 bridgehead atoms. The summed E-state index contributed by atoms with van der Waals surface area (Å²) in [5.74, 6) is 0.129. The Kier molecular flexibility index (Phi) is 3.04. The van der Waals surface area contributed by atoms with Crippen LogP contribution in [0.4, 0.5) is 0 Å². The van der Waals surface area contributed by atoms with E-state index >= 15 is 0 Å². The van der Waals surface area contributed by atoms with Gasteiger partial charge in [-0.25, -0.2) is 0 Å². The quantitative estimate of drug-likeness (QED) is 0.811. The summed E-state index contributed by atoms with van der Waals surface area (Å²) in [6.07, 6.45) is 6.88. The number of pyridine rings is 1. The smallest absolute Gasteiger partial charge is 0.255 e. The average molecular weight is 245 g/mol. The number of amides is 1. The van der Waals surface area contributed by atoms with E-state index in [1.165, 1.54) is 6.42 Å². The first-order valence-corrected chi connectivity index (χ1v) is 6.69. The van der Waals surface area contributed by atoms with Gasteiger partial charge in [-0.2, -0.15) is 0 Å². The Labute approximate surface area is 107 Å². The molecule has 0 saturated carbocycles. The maximum atomic E-state index is 12.3. The molecular weight excluding hydrogens is 226 g/mol. The van der Waals surface area contributed by atoms with Gasteiger partial charge in [-0.05, 0) is 43.4 Å². The van der Waals surface area contributed by atoms with E-state index in [1.54, 1.807) is 12.4 Å². The first-order chi connectivity index (χ1) is 8.79. The molecule has 1 amide bonds. The van der Waals surface area contributed by atoms with Crippen LogP contribution in [-0.4, -0.2) is 42.0 Å². The van der Waals surface area contributed by atoms with Gasteiger partial charge in [-0.15, -0.1) is 0 Å². The van der Waals surface area contributed by atoms with E-state index in [4.69, 9.17) is 0 Å². The second-order valence-corrected chi connectivity index (χ2v) is 5.46. The molecule has 2 aliphatic rings. The van der Waals surface area contributed by atoms with Crippen molar-refractivity contribution in [3.63, 3.8) is 0 Å². The third kappa shape index (κ3) is 2.12. The van der Waals surface area contributed by atoms with Crippen LogP contribution in [0.15, 0.2) is 24.5 Å². The standard InChI is InChI=1S/C14H19N3O/c18-13(12-2-1-6-15-10-12)17-8-4-14(5-9-17)3-7-16-11-14/h1-2,6,10,16H,3-5,7-9,11H2. The monoisotopic (exact) mass is 245 g/mol. The minimum Gasteiger partial charge on any atom is -0.339 e. The predicted octanol–water partition coefficient (Wildman–Crippen LogP) is 1.30. The molecule has 4 nitrogen and oxygen atoms in total. The van der Waals surface area contributed by atoms with E-state index in [9.17, 15) is 4.79 Å². The Hall–Kier alpha value is -1.42. The Bertz CT molecular complexity index is 416. The van der Waals surface area contributed by atoms with Gasteiger partial charge in [0.15, 0.2) is 0 Å². The van der Waals surface area contributed by atoms with Crippen LogP contribution in [0.2, 0.25) is 0 Å². The van der Waals surface area contributed by atoms with Crippen molar-refractivity contribution in [2.24, 2.45) is 5.41 Å². The van der Waals surface area contributed by atoms with E-state index in [2.05, 4.69) is 10.3 Å². The summed E-state index contributed by atoms with van der Waals surface area (Å²) in [4.78, 5) is 18.3. The lowest BCUT2D eigenvalue weighted by Crippen LogP contribution is -2.44. The lowest BCUT2D eigenvalue weighted by molar-refractivity contribution is 0.0607. The molecule has 2 saturated heterocycles. The van der Waals surface area contributed by atoms with Gasteiger partial charge in [0.1, 0.15) is 0 Å². The molecule has 4 heteroatoms. The largest absolute Gasteiger partial charge is 0.339 e. The summed E-state index contributed by atoms with van der Waals surface area (Å²) in [5.41, 5.74) is 1.17. The molecule has 0 radical (unpaired) electrons. The molecular formula is C14H19N3O. The Morgan fingerprint density at radius 3 is 2.78 bits per heavy atom. The normalized spacial score (nSPS) is 22.3. The third-order valence-electron chi connectivity index (χ3n) is 4.35. The zero-order valence-corrected chi connectivity index (χ0v) is 10.6. The molecule has 2 fully saturated rings. The number of carbonyl (C=O) groups excluding carboxylic acids is 1. The van der Waals surface area contributed by atoms with Gasteiger partial charge in [0.05, 0.1) is 5.56 Å². The summed E-state index contributed by atoms with van der Waals surface area (Å²) in [6, 6.07) is 3.66. The summed E-state index contributed by atoms with van der Waals surface area (Å²) in [6.45, 7) is 4.03. The molecule has 0 unspecified atom stereocenters. The highest BCUT2D eigenvalue weighted by Gasteiger charge is 2.38. The number of piperidine rings is 1. The van der Waals surface area contributed by atoms with Crippen molar-refractivity contribution in [2.75, 3.05) is 26.2 Å². The maximum Gasteiger partial charge on any atom is 0.255 e. The van der Waals surface area contributed by atoms with Gasteiger partial charge < -0.3 is 10.2 Å². The first kappa shape index (κ1) is 11.7. The molecule has 0 aliphatic carbocycles. The fourth-order valence-corrected chi connectivity index (χ4v) is 3.08. The third-order valence-corrected chi connectivity index (χ3v) is 4.35.